The van der Waals surface area contributed by atoms with Crippen molar-refractivity contribution in [2.75, 3.05) is 11.1 Å². The van der Waals surface area contributed by atoms with E-state index < -0.39 is 0 Å². The van der Waals surface area contributed by atoms with Gasteiger partial charge in [0, 0.05) is 4.47 Å². The Morgan fingerprint density at radius 2 is 2.29 bits per heavy atom. The monoisotopic (exact) mass is 311 g/mol. The Kier molecular flexibility index (Phi) is 3.44. The van der Waals surface area contributed by atoms with Crippen LogP contribution in [0.2, 0.25) is 0 Å². The number of amides is 1. The second-order valence-corrected chi connectivity index (χ2v) is 5.27. The maximum absolute atomic E-state index is 11.8. The fraction of sp³-hybridized carbons (Fsp3) is 0.0909. The van der Waals surface area contributed by atoms with E-state index in [-0.39, 0.29) is 5.91 Å². The van der Waals surface area contributed by atoms with E-state index in [1.807, 2.05) is 19.1 Å². The highest BCUT2D eigenvalue weighted by atomic mass is 79.9. The molecule has 1 amide bonds. The number of carbonyl (C=O) groups excluding carboxylic acids is 1. The molecule has 0 spiro atoms. The Morgan fingerprint density at radius 1 is 1.53 bits per heavy atom. The number of carbonyl (C=O) groups is 1. The van der Waals surface area contributed by atoms with Crippen LogP contribution in [0.3, 0.4) is 0 Å². The second-order valence-electron chi connectivity index (χ2n) is 3.53. The molecule has 0 atom stereocenters. The molecule has 2 rings (SSSR count). The lowest BCUT2D eigenvalue weighted by atomic mass is 10.2. The van der Waals surface area contributed by atoms with Crippen molar-refractivity contribution in [2.24, 2.45) is 0 Å². The summed E-state index contributed by atoms with van der Waals surface area (Å²) in [7, 11) is 0. The number of nitrogens with one attached hydrogen (secondary N) is 1. The van der Waals surface area contributed by atoms with Gasteiger partial charge in [0.1, 0.15) is 4.88 Å². The molecule has 3 N–H and O–H groups in total. The average molecular weight is 312 g/mol. The van der Waals surface area contributed by atoms with Crippen molar-refractivity contribution >= 4 is 44.5 Å². The van der Waals surface area contributed by atoms with Crippen molar-refractivity contribution in [2.45, 2.75) is 6.92 Å². The number of rotatable bonds is 2. The Labute approximate surface area is 111 Å². The van der Waals surface area contributed by atoms with E-state index in [1.54, 1.807) is 5.51 Å². The highest BCUT2D eigenvalue weighted by Gasteiger charge is 2.12. The first-order valence-electron chi connectivity index (χ1n) is 4.83. The molecule has 0 fully saturated rings. The SMILES string of the molecule is Cc1cc(N)c(NC(=O)c2cncs2)c(Br)c1. The number of hydrogen-bond donors (Lipinski definition) is 2. The number of aryl methyl sites for hydroxylation is 1. The van der Waals surface area contributed by atoms with Gasteiger partial charge in [0.15, 0.2) is 0 Å². The van der Waals surface area contributed by atoms with E-state index >= 15 is 0 Å². The predicted molar refractivity (Wildman–Crippen MR) is 73.4 cm³/mol. The molecule has 1 aromatic heterocycles. The normalized spacial score (nSPS) is 10.2. The molecule has 0 aliphatic rings. The van der Waals surface area contributed by atoms with Gasteiger partial charge in [-0.15, -0.1) is 11.3 Å². The summed E-state index contributed by atoms with van der Waals surface area (Å²) in [4.78, 5) is 16.3. The first-order chi connectivity index (χ1) is 8.08. The summed E-state index contributed by atoms with van der Waals surface area (Å²) in [6.45, 7) is 1.94. The fourth-order valence-electron chi connectivity index (χ4n) is 1.40. The van der Waals surface area contributed by atoms with Crippen LogP contribution in [0.25, 0.3) is 0 Å². The van der Waals surface area contributed by atoms with Gasteiger partial charge in [0.2, 0.25) is 0 Å². The molecule has 0 aliphatic heterocycles. The largest absolute Gasteiger partial charge is 0.397 e. The van der Waals surface area contributed by atoms with E-state index in [2.05, 4.69) is 26.2 Å². The number of aromatic nitrogens is 1. The first kappa shape index (κ1) is 12.1. The smallest absolute Gasteiger partial charge is 0.267 e. The van der Waals surface area contributed by atoms with Crippen LogP contribution in [-0.4, -0.2) is 10.9 Å². The molecule has 1 heterocycles. The zero-order valence-electron chi connectivity index (χ0n) is 9.03. The van der Waals surface area contributed by atoms with Gasteiger partial charge in [-0.05, 0) is 40.5 Å². The lowest BCUT2D eigenvalue weighted by Gasteiger charge is -2.10. The fourth-order valence-corrected chi connectivity index (χ4v) is 2.61. The predicted octanol–water partition coefficient (Wildman–Crippen LogP) is 3.05. The van der Waals surface area contributed by atoms with E-state index in [0.717, 1.165) is 10.0 Å². The zero-order valence-corrected chi connectivity index (χ0v) is 11.4. The Balaban J connectivity index is 2.28. The zero-order chi connectivity index (χ0) is 12.4. The third-order valence-corrected chi connectivity index (χ3v) is 3.56. The van der Waals surface area contributed by atoms with Gasteiger partial charge in [-0.3, -0.25) is 9.78 Å². The molecule has 0 radical (unpaired) electrons. The maximum atomic E-state index is 11.8. The van der Waals surface area contributed by atoms with Crippen LogP contribution in [0, 0.1) is 6.92 Å². The minimum absolute atomic E-state index is 0.205. The summed E-state index contributed by atoms with van der Waals surface area (Å²) in [5.74, 6) is -0.205. The third kappa shape index (κ3) is 2.65. The number of nitrogen functional groups attached to an aromatic ring is 1. The van der Waals surface area contributed by atoms with Crippen LogP contribution in [0.4, 0.5) is 11.4 Å². The van der Waals surface area contributed by atoms with Gasteiger partial charge in [-0.25, -0.2) is 0 Å². The van der Waals surface area contributed by atoms with Crippen LogP contribution < -0.4 is 11.1 Å². The standard InChI is InChI=1S/C11H10BrN3OS/c1-6-2-7(12)10(8(13)3-6)15-11(16)9-4-14-5-17-9/h2-5H,13H2,1H3,(H,15,16). The number of nitrogens with two attached hydrogens (primary N) is 1. The van der Waals surface area contributed by atoms with Crippen LogP contribution in [0.1, 0.15) is 15.2 Å². The van der Waals surface area contributed by atoms with Gasteiger partial charge in [0.05, 0.1) is 23.1 Å². The number of hydrogen-bond acceptors (Lipinski definition) is 4. The molecule has 4 nitrogen and oxygen atoms in total. The Bertz CT molecular complexity index is 531. The molecule has 0 unspecified atom stereocenters. The lowest BCUT2D eigenvalue weighted by molar-refractivity contribution is 0.103. The average Bonchev–Trinajstić information content (AvgIpc) is 2.76. The summed E-state index contributed by atoms with van der Waals surface area (Å²) >= 11 is 4.67. The van der Waals surface area contributed by atoms with Crippen molar-refractivity contribution in [1.29, 1.82) is 0 Å². The molecule has 2 aromatic rings. The molecule has 6 heteroatoms. The van der Waals surface area contributed by atoms with Crippen molar-refractivity contribution in [1.82, 2.24) is 4.98 Å². The summed E-state index contributed by atoms with van der Waals surface area (Å²) in [6, 6.07) is 3.71. The van der Waals surface area contributed by atoms with Gasteiger partial charge >= 0.3 is 0 Å². The molecule has 0 bridgehead atoms. The van der Waals surface area contributed by atoms with Crippen LogP contribution in [0.15, 0.2) is 28.3 Å². The van der Waals surface area contributed by atoms with Gasteiger partial charge in [-0.2, -0.15) is 0 Å². The van der Waals surface area contributed by atoms with E-state index in [9.17, 15) is 4.79 Å². The van der Waals surface area contributed by atoms with Gasteiger partial charge in [-0.1, -0.05) is 0 Å². The molecule has 1 aromatic carbocycles. The molecule has 0 aliphatic carbocycles. The van der Waals surface area contributed by atoms with Crippen LogP contribution >= 0.6 is 27.3 Å². The molecular formula is C11H10BrN3OS. The van der Waals surface area contributed by atoms with E-state index in [0.29, 0.717) is 16.3 Å². The van der Waals surface area contributed by atoms with Crippen LogP contribution in [-0.2, 0) is 0 Å². The summed E-state index contributed by atoms with van der Waals surface area (Å²) in [6.07, 6.45) is 1.53. The number of thiazole rings is 1. The number of anilines is 2. The Morgan fingerprint density at radius 3 is 2.88 bits per heavy atom. The van der Waals surface area contributed by atoms with Crippen molar-refractivity contribution in [3.8, 4) is 0 Å². The summed E-state index contributed by atoms with van der Waals surface area (Å²) < 4.78 is 0.771. The highest BCUT2D eigenvalue weighted by molar-refractivity contribution is 9.10. The van der Waals surface area contributed by atoms with E-state index in [4.69, 9.17) is 5.73 Å². The van der Waals surface area contributed by atoms with Gasteiger partial charge in [0.25, 0.3) is 5.91 Å². The second kappa shape index (κ2) is 4.85. The topological polar surface area (TPSA) is 68.0 Å². The Hall–Kier alpha value is -1.40. The molecule has 17 heavy (non-hydrogen) atoms. The third-order valence-electron chi connectivity index (χ3n) is 2.16. The first-order valence-corrected chi connectivity index (χ1v) is 6.50. The van der Waals surface area contributed by atoms with E-state index in [1.165, 1.54) is 17.5 Å². The summed E-state index contributed by atoms with van der Waals surface area (Å²) in [5, 5.41) is 2.77. The van der Waals surface area contributed by atoms with Crippen molar-refractivity contribution in [3.63, 3.8) is 0 Å². The summed E-state index contributed by atoms with van der Waals surface area (Å²) in [5.41, 5.74) is 9.64. The highest BCUT2D eigenvalue weighted by Crippen LogP contribution is 2.30. The molecule has 88 valence electrons. The maximum Gasteiger partial charge on any atom is 0.267 e. The number of nitrogens with zero attached hydrogens (tertiary/aromatic N) is 1. The molecule has 0 saturated heterocycles. The molecule has 0 saturated carbocycles. The van der Waals surface area contributed by atoms with Crippen molar-refractivity contribution in [3.05, 3.63) is 38.8 Å². The number of halogens is 1. The minimum Gasteiger partial charge on any atom is -0.397 e. The van der Waals surface area contributed by atoms with Crippen molar-refractivity contribution < 1.29 is 4.79 Å². The minimum atomic E-state index is -0.205. The molecular weight excluding hydrogens is 302 g/mol. The van der Waals surface area contributed by atoms with Crippen LogP contribution in [0.5, 0.6) is 0 Å². The lowest BCUT2D eigenvalue weighted by Crippen LogP contribution is -2.12. The number of benzene rings is 1. The quantitative estimate of drug-likeness (QED) is 0.838. The van der Waals surface area contributed by atoms with Gasteiger partial charge < -0.3 is 11.1 Å².